The minimum Gasteiger partial charge on any atom is -0.497 e. The molecular weight excluding hydrogens is 374 g/mol. The van der Waals surface area contributed by atoms with Crippen LogP contribution >= 0.6 is 0 Å². The molecule has 0 radical (unpaired) electrons. The Morgan fingerprint density at radius 1 is 1.17 bits per heavy atom. The fourth-order valence-electron chi connectivity index (χ4n) is 2.59. The molecule has 1 aromatic carbocycles. The highest BCUT2D eigenvalue weighted by molar-refractivity contribution is 5.77. The lowest BCUT2D eigenvalue weighted by atomic mass is 10.3. The number of likely N-dealkylation sites (N-methyl/N-ethyl adjacent to an activating group) is 1. The van der Waals surface area contributed by atoms with Crippen LogP contribution in [0.1, 0.15) is 12.1 Å². The molecule has 8 heteroatoms. The third-order valence-corrected chi connectivity index (χ3v) is 4.37. The number of rotatable bonds is 10. The van der Waals surface area contributed by atoms with Crippen molar-refractivity contribution < 1.29 is 19.0 Å². The van der Waals surface area contributed by atoms with E-state index in [9.17, 15) is 9.59 Å². The number of benzene rings is 1. The summed E-state index contributed by atoms with van der Waals surface area (Å²) < 4.78 is 18.2. The maximum atomic E-state index is 12.2. The van der Waals surface area contributed by atoms with Crippen LogP contribution in [0.25, 0.3) is 0 Å². The average molecular weight is 399 g/mol. The summed E-state index contributed by atoms with van der Waals surface area (Å²) in [5.41, 5.74) is 0.325. The Bertz CT molecular complexity index is 915. The topological polar surface area (TPSA) is 93.8 Å². The lowest BCUT2D eigenvalue weighted by Gasteiger charge is -2.18. The fourth-order valence-corrected chi connectivity index (χ4v) is 2.59. The van der Waals surface area contributed by atoms with E-state index in [1.807, 2.05) is 34.9 Å². The van der Waals surface area contributed by atoms with Gasteiger partial charge in [0.05, 0.1) is 31.8 Å². The van der Waals surface area contributed by atoms with Crippen LogP contribution in [0.15, 0.2) is 41.3 Å². The summed E-state index contributed by atoms with van der Waals surface area (Å²) >= 11 is 0. The summed E-state index contributed by atoms with van der Waals surface area (Å²) in [6, 6.07) is 10.7. The molecule has 1 amide bonds. The Morgan fingerprint density at radius 3 is 2.52 bits per heavy atom. The van der Waals surface area contributed by atoms with Crippen molar-refractivity contribution in [1.82, 2.24) is 9.47 Å². The van der Waals surface area contributed by atoms with Gasteiger partial charge in [-0.05, 0) is 31.2 Å². The van der Waals surface area contributed by atoms with Crippen molar-refractivity contribution in [3.63, 3.8) is 0 Å². The fraction of sp³-hybridized carbons (Fsp3) is 0.381. The second kappa shape index (κ2) is 10.8. The van der Waals surface area contributed by atoms with Crippen LogP contribution in [-0.2, 0) is 11.3 Å². The van der Waals surface area contributed by atoms with Crippen LogP contribution in [0, 0.1) is 18.3 Å². The van der Waals surface area contributed by atoms with Gasteiger partial charge in [-0.15, -0.1) is 0 Å². The predicted molar refractivity (Wildman–Crippen MR) is 107 cm³/mol. The normalized spacial score (nSPS) is 10.1. The SMILES string of the molecule is COc1ccc(OCCn2ccc(=O)c(OCC(=O)N(C)CCC#N)c2C)cc1. The first-order chi connectivity index (χ1) is 14.0. The lowest BCUT2D eigenvalue weighted by Crippen LogP contribution is -2.33. The highest BCUT2D eigenvalue weighted by Gasteiger charge is 2.13. The van der Waals surface area contributed by atoms with Gasteiger partial charge >= 0.3 is 0 Å². The van der Waals surface area contributed by atoms with E-state index in [-0.39, 0.29) is 30.1 Å². The molecule has 0 aliphatic rings. The van der Waals surface area contributed by atoms with Crippen LogP contribution in [0.5, 0.6) is 17.2 Å². The number of amides is 1. The molecule has 154 valence electrons. The van der Waals surface area contributed by atoms with Crippen LogP contribution in [0.4, 0.5) is 0 Å². The number of carbonyl (C=O) groups is 1. The molecule has 1 heterocycles. The zero-order valence-corrected chi connectivity index (χ0v) is 16.9. The van der Waals surface area contributed by atoms with Crippen molar-refractivity contribution in [1.29, 1.82) is 5.26 Å². The molecule has 0 aliphatic heterocycles. The van der Waals surface area contributed by atoms with Crippen LogP contribution in [0.2, 0.25) is 0 Å². The summed E-state index contributed by atoms with van der Waals surface area (Å²) in [7, 11) is 3.20. The van der Waals surface area contributed by atoms with E-state index in [0.717, 1.165) is 5.75 Å². The lowest BCUT2D eigenvalue weighted by molar-refractivity contribution is -0.132. The third-order valence-electron chi connectivity index (χ3n) is 4.37. The second-order valence-corrected chi connectivity index (χ2v) is 6.32. The predicted octanol–water partition coefficient (Wildman–Crippen LogP) is 2.00. The van der Waals surface area contributed by atoms with Gasteiger partial charge in [-0.1, -0.05) is 0 Å². The highest BCUT2D eigenvalue weighted by Crippen LogP contribution is 2.17. The van der Waals surface area contributed by atoms with E-state index < -0.39 is 0 Å². The van der Waals surface area contributed by atoms with E-state index in [1.165, 1.54) is 11.0 Å². The van der Waals surface area contributed by atoms with Gasteiger partial charge in [0.25, 0.3) is 5.91 Å². The minimum absolute atomic E-state index is 0.138. The molecule has 0 spiro atoms. The van der Waals surface area contributed by atoms with Gasteiger partial charge in [0.1, 0.15) is 18.1 Å². The molecule has 0 N–H and O–H groups in total. The quantitative estimate of drug-likeness (QED) is 0.607. The average Bonchev–Trinajstić information content (AvgIpc) is 2.73. The van der Waals surface area contributed by atoms with E-state index in [2.05, 4.69) is 0 Å². The summed E-state index contributed by atoms with van der Waals surface area (Å²) in [5.74, 6) is 1.31. The number of nitriles is 1. The standard InChI is InChI=1S/C21H25N3O5/c1-16-21(29-15-20(26)23(2)11-4-10-22)19(25)9-12-24(16)13-14-28-18-7-5-17(27-3)6-8-18/h5-9,12H,4,11,13-15H2,1-3H3. The molecule has 8 nitrogen and oxygen atoms in total. The number of methoxy groups -OCH3 is 1. The number of hydrogen-bond acceptors (Lipinski definition) is 6. The molecule has 0 atom stereocenters. The van der Waals surface area contributed by atoms with Gasteiger partial charge in [0, 0.05) is 25.9 Å². The van der Waals surface area contributed by atoms with Gasteiger partial charge in [-0.3, -0.25) is 9.59 Å². The molecule has 0 saturated heterocycles. The Kier molecular flexibility index (Phi) is 8.10. The van der Waals surface area contributed by atoms with Crippen molar-refractivity contribution in [3.8, 4) is 23.3 Å². The molecule has 29 heavy (non-hydrogen) atoms. The van der Waals surface area contributed by atoms with Gasteiger partial charge < -0.3 is 23.7 Å². The van der Waals surface area contributed by atoms with Gasteiger partial charge in [-0.2, -0.15) is 5.26 Å². The molecule has 0 bridgehead atoms. The molecule has 2 rings (SSSR count). The molecule has 0 aliphatic carbocycles. The highest BCUT2D eigenvalue weighted by atomic mass is 16.5. The van der Waals surface area contributed by atoms with Gasteiger partial charge in [0.15, 0.2) is 12.4 Å². The number of pyridine rings is 1. The largest absolute Gasteiger partial charge is 0.497 e. The second-order valence-electron chi connectivity index (χ2n) is 6.32. The summed E-state index contributed by atoms with van der Waals surface area (Å²) in [4.78, 5) is 25.6. The first-order valence-corrected chi connectivity index (χ1v) is 9.17. The van der Waals surface area contributed by atoms with Crippen molar-refractivity contribution in [2.45, 2.75) is 19.9 Å². The molecule has 0 saturated carbocycles. The van der Waals surface area contributed by atoms with Crippen molar-refractivity contribution in [2.75, 3.05) is 33.9 Å². The van der Waals surface area contributed by atoms with Gasteiger partial charge in [-0.25, -0.2) is 0 Å². The Hall–Kier alpha value is -3.47. The molecule has 0 unspecified atom stereocenters. The number of nitrogens with zero attached hydrogens (tertiary/aromatic N) is 3. The molecule has 1 aromatic heterocycles. The third kappa shape index (κ3) is 6.28. The van der Waals surface area contributed by atoms with Gasteiger partial charge in [0.2, 0.25) is 5.43 Å². The molecular formula is C21H25N3O5. The maximum Gasteiger partial charge on any atom is 0.260 e. The zero-order chi connectivity index (χ0) is 21.2. The minimum atomic E-state index is -0.294. The smallest absolute Gasteiger partial charge is 0.260 e. The first-order valence-electron chi connectivity index (χ1n) is 9.17. The van der Waals surface area contributed by atoms with E-state index >= 15 is 0 Å². The maximum absolute atomic E-state index is 12.2. The zero-order valence-electron chi connectivity index (χ0n) is 16.9. The van der Waals surface area contributed by atoms with E-state index in [0.29, 0.717) is 31.1 Å². The van der Waals surface area contributed by atoms with Crippen LogP contribution in [0.3, 0.4) is 0 Å². The summed E-state index contributed by atoms with van der Waals surface area (Å²) in [6.45, 7) is 2.72. The number of ether oxygens (including phenoxy) is 3. The Balaban J connectivity index is 1.95. The van der Waals surface area contributed by atoms with E-state index in [4.69, 9.17) is 19.5 Å². The van der Waals surface area contributed by atoms with Crippen molar-refractivity contribution in [2.24, 2.45) is 0 Å². The van der Waals surface area contributed by atoms with Crippen molar-refractivity contribution >= 4 is 5.91 Å². The number of hydrogen-bond donors (Lipinski definition) is 0. The number of carbonyl (C=O) groups excluding carboxylic acids is 1. The first kappa shape index (κ1) is 21.8. The van der Waals surface area contributed by atoms with Crippen LogP contribution < -0.4 is 19.6 Å². The van der Waals surface area contributed by atoms with E-state index in [1.54, 1.807) is 27.3 Å². The Labute approximate surface area is 169 Å². The van der Waals surface area contributed by atoms with Crippen LogP contribution in [-0.4, -0.2) is 49.3 Å². The summed E-state index contributed by atoms with van der Waals surface area (Å²) in [5, 5.41) is 8.60. The molecule has 0 fully saturated rings. The Morgan fingerprint density at radius 2 is 1.86 bits per heavy atom. The number of aromatic nitrogens is 1. The molecule has 2 aromatic rings. The monoisotopic (exact) mass is 399 g/mol. The van der Waals surface area contributed by atoms with Crippen molar-refractivity contribution in [3.05, 3.63) is 52.4 Å². The summed E-state index contributed by atoms with van der Waals surface area (Å²) in [6.07, 6.45) is 1.91.